The van der Waals surface area contributed by atoms with E-state index in [4.69, 9.17) is 4.74 Å². The molecule has 2 amide bonds. The maximum atomic E-state index is 13.3. The highest BCUT2D eigenvalue weighted by molar-refractivity contribution is 5.85. The first-order valence-electron chi connectivity index (χ1n) is 10.4. The standard InChI is InChI=1S/C21H39N3O5/c1-13(2)12-14(22-19(28)29-21(6,7)8)16(17(25)23-20(3,4)5)24-11-9-10-15(24)18(26)27/h13-16H,9-12H2,1-8H3,(H,22,28)(H,23,25)(H,26,27)/t14-,15-,16-/m0/s1. The number of hydrogen-bond acceptors (Lipinski definition) is 5. The van der Waals surface area contributed by atoms with Gasteiger partial charge in [0.05, 0.1) is 6.04 Å². The number of carboxylic acid groups (broad SMARTS) is 1. The van der Waals surface area contributed by atoms with Gasteiger partial charge in [-0.05, 0) is 73.3 Å². The van der Waals surface area contributed by atoms with E-state index < -0.39 is 41.3 Å². The van der Waals surface area contributed by atoms with Gasteiger partial charge < -0.3 is 20.5 Å². The van der Waals surface area contributed by atoms with Crippen LogP contribution in [0.25, 0.3) is 0 Å². The van der Waals surface area contributed by atoms with Crippen molar-refractivity contribution in [3.05, 3.63) is 0 Å². The summed E-state index contributed by atoms with van der Waals surface area (Å²) in [5, 5.41) is 15.5. The number of likely N-dealkylation sites (tertiary alicyclic amines) is 1. The van der Waals surface area contributed by atoms with Gasteiger partial charge in [0.25, 0.3) is 0 Å². The van der Waals surface area contributed by atoms with Crippen molar-refractivity contribution in [1.29, 1.82) is 0 Å². The summed E-state index contributed by atoms with van der Waals surface area (Å²) in [5.74, 6) is -1.05. The molecule has 0 aromatic carbocycles. The fourth-order valence-corrected chi connectivity index (χ4v) is 3.63. The zero-order valence-electron chi connectivity index (χ0n) is 19.2. The van der Waals surface area contributed by atoms with E-state index in [1.54, 1.807) is 25.7 Å². The van der Waals surface area contributed by atoms with Crippen LogP contribution in [0, 0.1) is 5.92 Å². The minimum atomic E-state index is -0.948. The van der Waals surface area contributed by atoms with Gasteiger partial charge in [0.15, 0.2) is 0 Å². The minimum absolute atomic E-state index is 0.186. The van der Waals surface area contributed by atoms with Crippen molar-refractivity contribution < 1.29 is 24.2 Å². The van der Waals surface area contributed by atoms with Gasteiger partial charge in [0, 0.05) is 5.54 Å². The number of carbonyl (C=O) groups excluding carboxylic acids is 2. The smallest absolute Gasteiger partial charge is 0.407 e. The molecule has 8 nitrogen and oxygen atoms in total. The van der Waals surface area contributed by atoms with Crippen LogP contribution in [0.1, 0.15) is 74.7 Å². The van der Waals surface area contributed by atoms with E-state index in [0.717, 1.165) is 0 Å². The van der Waals surface area contributed by atoms with Crippen LogP contribution in [0.5, 0.6) is 0 Å². The van der Waals surface area contributed by atoms with E-state index in [0.29, 0.717) is 25.8 Å². The molecule has 168 valence electrons. The maximum Gasteiger partial charge on any atom is 0.407 e. The van der Waals surface area contributed by atoms with Crippen LogP contribution < -0.4 is 10.6 Å². The predicted molar refractivity (Wildman–Crippen MR) is 112 cm³/mol. The summed E-state index contributed by atoms with van der Waals surface area (Å²) < 4.78 is 5.40. The van der Waals surface area contributed by atoms with Gasteiger partial charge >= 0.3 is 12.1 Å². The van der Waals surface area contributed by atoms with Crippen molar-refractivity contribution in [2.75, 3.05) is 6.54 Å². The summed E-state index contributed by atoms with van der Waals surface area (Å²) in [4.78, 5) is 39.3. The van der Waals surface area contributed by atoms with Crippen molar-refractivity contribution in [1.82, 2.24) is 15.5 Å². The van der Waals surface area contributed by atoms with E-state index >= 15 is 0 Å². The third-order valence-corrected chi connectivity index (χ3v) is 4.51. The number of carbonyl (C=O) groups is 3. The highest BCUT2D eigenvalue weighted by atomic mass is 16.6. The number of hydrogen-bond donors (Lipinski definition) is 3. The molecule has 3 atom stereocenters. The molecule has 1 aliphatic rings. The van der Waals surface area contributed by atoms with E-state index in [-0.39, 0.29) is 11.8 Å². The third-order valence-electron chi connectivity index (χ3n) is 4.51. The lowest BCUT2D eigenvalue weighted by molar-refractivity contribution is -0.144. The SMILES string of the molecule is CC(C)C[C@H](NC(=O)OC(C)(C)C)[C@@H](C(=O)NC(C)(C)C)N1CCC[C@H]1C(=O)O. The number of amides is 2. The highest BCUT2D eigenvalue weighted by Crippen LogP contribution is 2.25. The summed E-state index contributed by atoms with van der Waals surface area (Å²) >= 11 is 0. The molecule has 1 rings (SSSR count). The number of carboxylic acids is 1. The maximum absolute atomic E-state index is 13.3. The molecule has 0 unspecified atom stereocenters. The van der Waals surface area contributed by atoms with Gasteiger partial charge in [-0.1, -0.05) is 13.8 Å². The predicted octanol–water partition coefficient (Wildman–Crippen LogP) is 2.76. The van der Waals surface area contributed by atoms with Gasteiger partial charge in [0.1, 0.15) is 17.7 Å². The van der Waals surface area contributed by atoms with Crippen molar-refractivity contribution in [2.45, 2.75) is 104 Å². The molecule has 8 heteroatoms. The zero-order valence-corrected chi connectivity index (χ0v) is 19.2. The Bertz CT molecular complexity index is 592. The Labute approximate surface area is 174 Å². The van der Waals surface area contributed by atoms with Crippen LogP contribution in [-0.4, -0.2) is 63.8 Å². The van der Waals surface area contributed by atoms with E-state index in [1.807, 2.05) is 34.6 Å². The Morgan fingerprint density at radius 3 is 2.17 bits per heavy atom. The summed E-state index contributed by atoms with van der Waals surface area (Å²) in [6.45, 7) is 15.4. The molecule has 0 aromatic rings. The topological polar surface area (TPSA) is 108 Å². The van der Waals surface area contributed by atoms with E-state index in [9.17, 15) is 19.5 Å². The van der Waals surface area contributed by atoms with Crippen molar-refractivity contribution in [3.63, 3.8) is 0 Å². The number of ether oxygens (including phenoxy) is 1. The molecule has 0 spiro atoms. The first-order chi connectivity index (χ1) is 13.1. The van der Waals surface area contributed by atoms with Gasteiger partial charge in [-0.15, -0.1) is 0 Å². The number of rotatable bonds is 7. The molecule has 0 bridgehead atoms. The van der Waals surface area contributed by atoms with Crippen LogP contribution in [0.3, 0.4) is 0 Å². The lowest BCUT2D eigenvalue weighted by Gasteiger charge is -2.38. The number of aliphatic carboxylic acids is 1. The number of alkyl carbamates (subject to hydrolysis) is 1. The average Bonchev–Trinajstić information content (AvgIpc) is 2.91. The molecule has 0 saturated carbocycles. The zero-order chi connectivity index (χ0) is 22.6. The first kappa shape index (κ1) is 25.2. The van der Waals surface area contributed by atoms with Crippen LogP contribution in [0.2, 0.25) is 0 Å². The summed E-state index contributed by atoms with van der Waals surface area (Å²) in [7, 11) is 0. The molecule has 1 aliphatic heterocycles. The van der Waals surface area contributed by atoms with Gasteiger partial charge in [-0.3, -0.25) is 14.5 Å². The van der Waals surface area contributed by atoms with Gasteiger partial charge in [0.2, 0.25) is 5.91 Å². The summed E-state index contributed by atoms with van der Waals surface area (Å²) in [6, 6.07) is -2.12. The summed E-state index contributed by atoms with van der Waals surface area (Å²) in [6.07, 6.45) is 1.08. The Hall–Kier alpha value is -1.83. The third kappa shape index (κ3) is 8.60. The number of nitrogens with zero attached hydrogens (tertiary/aromatic N) is 1. The van der Waals surface area contributed by atoms with Crippen molar-refractivity contribution in [3.8, 4) is 0 Å². The quantitative estimate of drug-likeness (QED) is 0.592. The van der Waals surface area contributed by atoms with E-state index in [1.165, 1.54) is 0 Å². The highest BCUT2D eigenvalue weighted by Gasteiger charge is 2.44. The molecule has 0 aromatic heterocycles. The second kappa shape index (κ2) is 9.78. The molecule has 1 fully saturated rings. The fraction of sp³-hybridized carbons (Fsp3) is 0.857. The lowest BCUT2D eigenvalue weighted by Crippen LogP contribution is -2.63. The molecule has 1 heterocycles. The molecule has 0 aliphatic carbocycles. The Morgan fingerprint density at radius 1 is 1.14 bits per heavy atom. The molecule has 3 N–H and O–H groups in total. The monoisotopic (exact) mass is 413 g/mol. The normalized spacial score (nSPS) is 20.2. The molecule has 29 heavy (non-hydrogen) atoms. The van der Waals surface area contributed by atoms with Crippen LogP contribution in [0.15, 0.2) is 0 Å². The van der Waals surface area contributed by atoms with Crippen molar-refractivity contribution >= 4 is 18.0 Å². The first-order valence-corrected chi connectivity index (χ1v) is 10.4. The second-order valence-electron chi connectivity index (χ2n) is 10.3. The lowest BCUT2D eigenvalue weighted by atomic mass is 9.94. The largest absolute Gasteiger partial charge is 0.480 e. The van der Waals surface area contributed by atoms with Gasteiger partial charge in [-0.25, -0.2) is 4.79 Å². The second-order valence-corrected chi connectivity index (χ2v) is 10.3. The Morgan fingerprint density at radius 2 is 1.72 bits per heavy atom. The average molecular weight is 414 g/mol. The number of nitrogens with one attached hydrogen (secondary N) is 2. The van der Waals surface area contributed by atoms with Crippen LogP contribution in [0.4, 0.5) is 4.79 Å². The minimum Gasteiger partial charge on any atom is -0.480 e. The van der Waals surface area contributed by atoms with Crippen molar-refractivity contribution in [2.24, 2.45) is 5.92 Å². The summed E-state index contributed by atoms with van der Waals surface area (Å²) in [5.41, 5.74) is -1.16. The van der Waals surface area contributed by atoms with E-state index in [2.05, 4.69) is 10.6 Å². The fourth-order valence-electron chi connectivity index (χ4n) is 3.63. The van der Waals surface area contributed by atoms with Crippen LogP contribution >= 0.6 is 0 Å². The van der Waals surface area contributed by atoms with Gasteiger partial charge in [-0.2, -0.15) is 0 Å². The Balaban J connectivity index is 3.25. The molecular weight excluding hydrogens is 374 g/mol. The van der Waals surface area contributed by atoms with Crippen LogP contribution in [-0.2, 0) is 14.3 Å². The molecule has 0 radical (unpaired) electrons. The Kier molecular flexibility index (Phi) is 8.50. The molecular formula is C21H39N3O5. The molecule has 1 saturated heterocycles.